The smallest absolute Gasteiger partial charge is 0.260 e. The van der Waals surface area contributed by atoms with Gasteiger partial charge in [0.05, 0.1) is 19.8 Å². The van der Waals surface area contributed by atoms with Crippen molar-refractivity contribution < 1.29 is 19.1 Å². The molecule has 1 aliphatic carbocycles. The maximum atomic E-state index is 13.4. The Kier molecular flexibility index (Phi) is 5.75. The molecule has 2 heterocycles. The second-order valence-electron chi connectivity index (χ2n) is 8.60. The number of nitrogens with zero attached hydrogens (tertiary/aromatic N) is 1. The molecule has 0 aromatic heterocycles. The minimum absolute atomic E-state index is 0.0847. The highest BCUT2D eigenvalue weighted by molar-refractivity contribution is 8.01. The van der Waals surface area contributed by atoms with Crippen molar-refractivity contribution in [2.24, 2.45) is 0 Å². The molecule has 1 aromatic carbocycles. The Morgan fingerprint density at radius 3 is 2.73 bits per heavy atom. The predicted molar refractivity (Wildman–Crippen MR) is 118 cm³/mol. The van der Waals surface area contributed by atoms with Crippen LogP contribution in [0.3, 0.4) is 0 Å². The van der Waals surface area contributed by atoms with E-state index < -0.39 is 6.04 Å². The van der Waals surface area contributed by atoms with Gasteiger partial charge in [-0.15, -0.1) is 11.8 Å². The summed E-state index contributed by atoms with van der Waals surface area (Å²) in [6.45, 7) is 4.69. The first-order chi connectivity index (χ1) is 14.4. The van der Waals surface area contributed by atoms with Crippen LogP contribution in [0.2, 0.25) is 0 Å². The molecule has 1 saturated heterocycles. The summed E-state index contributed by atoms with van der Waals surface area (Å²) in [5.41, 5.74) is 2.83. The van der Waals surface area contributed by atoms with Crippen molar-refractivity contribution in [1.29, 1.82) is 0 Å². The third kappa shape index (κ3) is 3.47. The van der Waals surface area contributed by atoms with E-state index in [4.69, 9.17) is 9.47 Å². The van der Waals surface area contributed by atoms with Gasteiger partial charge in [0.2, 0.25) is 5.91 Å². The van der Waals surface area contributed by atoms with E-state index in [-0.39, 0.29) is 21.9 Å². The molecular weight excluding hydrogens is 400 g/mol. The Bertz CT molecular complexity index is 895. The van der Waals surface area contributed by atoms with E-state index in [0.717, 1.165) is 24.8 Å². The van der Waals surface area contributed by atoms with Crippen LogP contribution in [-0.2, 0) is 4.79 Å². The number of carbonyl (C=O) groups excluding carboxylic acids is 2. The summed E-state index contributed by atoms with van der Waals surface area (Å²) >= 11 is 1.65. The molecule has 1 N–H and O–H groups in total. The molecule has 2 amide bonds. The van der Waals surface area contributed by atoms with Gasteiger partial charge >= 0.3 is 0 Å². The molecule has 0 radical (unpaired) electrons. The van der Waals surface area contributed by atoms with Crippen LogP contribution >= 0.6 is 11.8 Å². The molecule has 0 unspecified atom stereocenters. The number of nitrogens with one attached hydrogen (secondary N) is 1. The lowest BCUT2D eigenvalue weighted by atomic mass is 9.97. The molecule has 1 fully saturated rings. The highest BCUT2D eigenvalue weighted by Crippen LogP contribution is 2.58. The molecule has 3 aliphatic rings. The van der Waals surface area contributed by atoms with Crippen molar-refractivity contribution >= 4 is 23.6 Å². The van der Waals surface area contributed by atoms with Gasteiger partial charge in [0.15, 0.2) is 11.5 Å². The largest absolute Gasteiger partial charge is 0.493 e. The average Bonchev–Trinajstić information content (AvgIpc) is 3.17. The normalized spacial score (nSPS) is 24.2. The summed E-state index contributed by atoms with van der Waals surface area (Å²) in [5.74, 6) is 0.713. The Morgan fingerprint density at radius 2 is 2.07 bits per heavy atom. The van der Waals surface area contributed by atoms with Gasteiger partial charge in [-0.25, -0.2) is 0 Å². The third-order valence-corrected chi connectivity index (χ3v) is 7.81. The fourth-order valence-corrected chi connectivity index (χ4v) is 6.41. The summed E-state index contributed by atoms with van der Waals surface area (Å²) in [6.07, 6.45) is 7.96. The van der Waals surface area contributed by atoms with E-state index in [2.05, 4.69) is 11.4 Å². The van der Waals surface area contributed by atoms with Crippen molar-refractivity contribution in [3.63, 3.8) is 0 Å². The number of thioether (sulfide) groups is 1. The number of carbonyl (C=O) groups is 2. The molecule has 2 aliphatic heterocycles. The SMILES string of the molecule is COc1ccc2c(c1OC)C(=O)N1[C@@H]2SC(C)(C)[C@H]1C(=O)NCCC1=CCCCC1. The average molecular weight is 431 g/mol. The number of methoxy groups -OCH3 is 2. The van der Waals surface area contributed by atoms with Gasteiger partial charge in [-0.2, -0.15) is 0 Å². The molecule has 6 nitrogen and oxygen atoms in total. The molecule has 4 rings (SSSR count). The van der Waals surface area contributed by atoms with Gasteiger partial charge < -0.3 is 19.7 Å². The third-order valence-electron chi connectivity index (χ3n) is 6.28. The summed E-state index contributed by atoms with van der Waals surface area (Å²) in [5, 5.41) is 2.90. The quantitative estimate of drug-likeness (QED) is 0.690. The summed E-state index contributed by atoms with van der Waals surface area (Å²) in [6, 6.07) is 3.20. The second-order valence-corrected chi connectivity index (χ2v) is 10.3. The lowest BCUT2D eigenvalue weighted by molar-refractivity contribution is -0.126. The van der Waals surface area contributed by atoms with Crippen molar-refractivity contribution in [2.75, 3.05) is 20.8 Å². The zero-order valence-electron chi connectivity index (χ0n) is 18.1. The van der Waals surface area contributed by atoms with Crippen LogP contribution in [0.15, 0.2) is 23.8 Å². The van der Waals surface area contributed by atoms with Crippen LogP contribution in [0.25, 0.3) is 0 Å². The molecule has 30 heavy (non-hydrogen) atoms. The first-order valence-corrected chi connectivity index (χ1v) is 11.5. The van der Waals surface area contributed by atoms with E-state index in [1.54, 1.807) is 23.8 Å². The maximum Gasteiger partial charge on any atom is 0.260 e. The van der Waals surface area contributed by atoms with Crippen LogP contribution < -0.4 is 14.8 Å². The standard InChI is InChI=1S/C23H30N2O4S/c1-23(2)19(20(26)24-13-12-14-8-6-5-7-9-14)25-21(27)17-15(22(25)30-23)10-11-16(28-3)18(17)29-4/h8,10-11,19,22H,5-7,9,12-13H2,1-4H3,(H,24,26)/t19-,22-/m1/s1. The lowest BCUT2D eigenvalue weighted by Crippen LogP contribution is -2.52. The first kappa shape index (κ1) is 21.1. The molecule has 0 bridgehead atoms. The molecule has 0 spiro atoms. The Balaban J connectivity index is 1.55. The number of rotatable bonds is 6. The number of benzene rings is 1. The zero-order chi connectivity index (χ0) is 21.5. The van der Waals surface area contributed by atoms with Crippen LogP contribution in [0, 0.1) is 0 Å². The van der Waals surface area contributed by atoms with Gasteiger partial charge in [0, 0.05) is 16.9 Å². The van der Waals surface area contributed by atoms with Gasteiger partial charge in [0.25, 0.3) is 5.91 Å². The predicted octanol–water partition coefficient (Wildman–Crippen LogP) is 4.06. The topological polar surface area (TPSA) is 67.9 Å². The monoisotopic (exact) mass is 430 g/mol. The van der Waals surface area contributed by atoms with Gasteiger partial charge in [-0.05, 0) is 52.0 Å². The summed E-state index contributed by atoms with van der Waals surface area (Å²) < 4.78 is 10.5. The molecular formula is C23H30N2O4S. The molecule has 0 saturated carbocycles. The van der Waals surface area contributed by atoms with E-state index in [1.165, 1.54) is 25.5 Å². The summed E-state index contributed by atoms with van der Waals surface area (Å²) in [7, 11) is 3.09. The Labute approximate surface area is 182 Å². The number of hydrogen-bond acceptors (Lipinski definition) is 5. The maximum absolute atomic E-state index is 13.4. The summed E-state index contributed by atoms with van der Waals surface area (Å²) in [4.78, 5) is 28.4. The van der Waals surface area contributed by atoms with Gasteiger partial charge in [-0.3, -0.25) is 9.59 Å². The Hall–Kier alpha value is -2.15. The number of hydrogen-bond donors (Lipinski definition) is 1. The number of allylic oxidation sites excluding steroid dienone is 1. The van der Waals surface area contributed by atoms with Crippen molar-refractivity contribution in [1.82, 2.24) is 10.2 Å². The fourth-order valence-electron chi connectivity index (χ4n) is 4.83. The van der Waals surface area contributed by atoms with Crippen molar-refractivity contribution in [3.05, 3.63) is 34.9 Å². The van der Waals surface area contributed by atoms with E-state index in [9.17, 15) is 9.59 Å². The van der Waals surface area contributed by atoms with Crippen LogP contribution in [0.1, 0.15) is 67.2 Å². The second kappa shape index (κ2) is 8.17. The minimum Gasteiger partial charge on any atom is -0.493 e. The van der Waals surface area contributed by atoms with Gasteiger partial charge in [-0.1, -0.05) is 17.7 Å². The molecule has 1 aromatic rings. The van der Waals surface area contributed by atoms with Crippen LogP contribution in [-0.4, -0.2) is 48.3 Å². The minimum atomic E-state index is -0.538. The van der Waals surface area contributed by atoms with E-state index in [1.807, 2.05) is 26.0 Å². The van der Waals surface area contributed by atoms with E-state index >= 15 is 0 Å². The molecule has 2 atom stereocenters. The number of amides is 2. The van der Waals surface area contributed by atoms with Gasteiger partial charge in [0.1, 0.15) is 11.4 Å². The first-order valence-electron chi connectivity index (χ1n) is 10.6. The molecule has 7 heteroatoms. The number of ether oxygens (including phenoxy) is 2. The van der Waals surface area contributed by atoms with Crippen LogP contribution in [0.5, 0.6) is 11.5 Å². The van der Waals surface area contributed by atoms with Crippen molar-refractivity contribution in [3.8, 4) is 11.5 Å². The van der Waals surface area contributed by atoms with E-state index in [0.29, 0.717) is 23.6 Å². The fraction of sp³-hybridized carbons (Fsp3) is 0.565. The molecule has 162 valence electrons. The zero-order valence-corrected chi connectivity index (χ0v) is 18.9. The lowest BCUT2D eigenvalue weighted by Gasteiger charge is -2.29. The van der Waals surface area contributed by atoms with Crippen LogP contribution in [0.4, 0.5) is 0 Å². The highest BCUT2D eigenvalue weighted by atomic mass is 32.2. The number of fused-ring (bicyclic) bond motifs is 3. The Morgan fingerprint density at radius 1 is 1.27 bits per heavy atom. The highest BCUT2D eigenvalue weighted by Gasteiger charge is 2.58. The van der Waals surface area contributed by atoms with Crippen molar-refractivity contribution in [2.45, 2.75) is 62.1 Å².